The van der Waals surface area contributed by atoms with Crippen molar-refractivity contribution in [2.75, 3.05) is 30.4 Å². The van der Waals surface area contributed by atoms with Crippen molar-refractivity contribution in [1.29, 1.82) is 0 Å². The number of hydrogen-bond acceptors (Lipinski definition) is 3. The van der Waals surface area contributed by atoms with E-state index in [0.717, 1.165) is 43.1 Å². The number of aryl methyl sites for hydroxylation is 1. The van der Waals surface area contributed by atoms with E-state index in [4.69, 9.17) is 10.5 Å². The summed E-state index contributed by atoms with van der Waals surface area (Å²) in [6.07, 6.45) is 1.09. The lowest BCUT2D eigenvalue weighted by Crippen LogP contribution is -2.45. The second kappa shape index (κ2) is 4.74. The van der Waals surface area contributed by atoms with Crippen LogP contribution >= 0.6 is 0 Å². The Morgan fingerprint density at radius 2 is 2.31 bits per heavy atom. The third kappa shape index (κ3) is 2.00. The fourth-order valence-electron chi connectivity index (χ4n) is 2.23. The molecule has 1 heterocycles. The van der Waals surface area contributed by atoms with Crippen molar-refractivity contribution in [3.8, 4) is 0 Å². The third-order valence-corrected chi connectivity index (χ3v) is 3.31. The molecule has 0 aromatic heterocycles. The Morgan fingerprint density at radius 3 is 3.06 bits per heavy atom. The molecule has 3 nitrogen and oxygen atoms in total. The van der Waals surface area contributed by atoms with Gasteiger partial charge in [-0.3, -0.25) is 0 Å². The van der Waals surface area contributed by atoms with E-state index in [1.807, 2.05) is 0 Å². The van der Waals surface area contributed by atoms with E-state index in [9.17, 15) is 0 Å². The van der Waals surface area contributed by atoms with Crippen LogP contribution in [0.5, 0.6) is 0 Å². The molecule has 1 atom stereocenters. The molecule has 16 heavy (non-hydrogen) atoms. The summed E-state index contributed by atoms with van der Waals surface area (Å²) in [6, 6.07) is 6.69. The van der Waals surface area contributed by atoms with Crippen LogP contribution < -0.4 is 10.6 Å². The molecular formula is C13H20N2O. The van der Waals surface area contributed by atoms with E-state index < -0.39 is 0 Å². The molecule has 0 saturated carbocycles. The van der Waals surface area contributed by atoms with Crippen LogP contribution in [0.3, 0.4) is 0 Å². The molecule has 1 fully saturated rings. The Balaban J connectivity index is 2.30. The SMILES string of the molecule is CCC1COCCN1c1cccc(C)c1N. The number of anilines is 2. The number of nitrogens with zero attached hydrogens (tertiary/aromatic N) is 1. The number of benzene rings is 1. The highest BCUT2D eigenvalue weighted by Gasteiger charge is 2.23. The summed E-state index contributed by atoms with van der Waals surface area (Å²) >= 11 is 0. The first-order chi connectivity index (χ1) is 7.74. The van der Waals surface area contributed by atoms with E-state index in [1.165, 1.54) is 0 Å². The molecule has 88 valence electrons. The maximum absolute atomic E-state index is 6.15. The average Bonchev–Trinajstić information content (AvgIpc) is 2.33. The molecule has 1 aromatic carbocycles. The van der Waals surface area contributed by atoms with Crippen molar-refractivity contribution >= 4 is 11.4 Å². The zero-order chi connectivity index (χ0) is 11.5. The van der Waals surface area contributed by atoms with Gasteiger partial charge in [0.15, 0.2) is 0 Å². The summed E-state index contributed by atoms with van der Waals surface area (Å²) in [5.74, 6) is 0. The number of rotatable bonds is 2. The summed E-state index contributed by atoms with van der Waals surface area (Å²) in [6.45, 7) is 6.79. The van der Waals surface area contributed by atoms with Crippen LogP contribution in [0.15, 0.2) is 18.2 Å². The molecule has 0 spiro atoms. The van der Waals surface area contributed by atoms with Gasteiger partial charge in [0.1, 0.15) is 0 Å². The first-order valence-electron chi connectivity index (χ1n) is 5.93. The second-order valence-corrected chi connectivity index (χ2v) is 4.34. The van der Waals surface area contributed by atoms with Gasteiger partial charge in [-0.2, -0.15) is 0 Å². The zero-order valence-corrected chi connectivity index (χ0v) is 10.1. The predicted octanol–water partition coefficient (Wildman–Crippen LogP) is 2.19. The highest BCUT2D eigenvalue weighted by Crippen LogP contribution is 2.29. The van der Waals surface area contributed by atoms with Crippen molar-refractivity contribution in [3.05, 3.63) is 23.8 Å². The molecule has 0 aliphatic carbocycles. The van der Waals surface area contributed by atoms with Gasteiger partial charge >= 0.3 is 0 Å². The Labute approximate surface area is 97.2 Å². The van der Waals surface area contributed by atoms with E-state index >= 15 is 0 Å². The normalized spacial score (nSPS) is 21.1. The van der Waals surface area contributed by atoms with Gasteiger partial charge in [-0.05, 0) is 25.0 Å². The van der Waals surface area contributed by atoms with Crippen LogP contribution in [-0.2, 0) is 4.74 Å². The Bertz CT molecular complexity index is 365. The molecule has 1 aromatic rings. The molecular weight excluding hydrogens is 200 g/mol. The van der Waals surface area contributed by atoms with E-state index in [0.29, 0.717) is 6.04 Å². The highest BCUT2D eigenvalue weighted by atomic mass is 16.5. The monoisotopic (exact) mass is 220 g/mol. The molecule has 1 aliphatic heterocycles. The summed E-state index contributed by atoms with van der Waals surface area (Å²) in [7, 11) is 0. The zero-order valence-electron chi connectivity index (χ0n) is 10.1. The first kappa shape index (κ1) is 11.3. The van der Waals surface area contributed by atoms with Crippen LogP contribution in [0.1, 0.15) is 18.9 Å². The largest absolute Gasteiger partial charge is 0.397 e. The minimum atomic E-state index is 0.456. The number of hydrogen-bond donors (Lipinski definition) is 1. The molecule has 2 rings (SSSR count). The van der Waals surface area contributed by atoms with E-state index in [2.05, 4.69) is 36.9 Å². The molecule has 3 heteroatoms. The number of nitrogen functional groups attached to an aromatic ring is 1. The topological polar surface area (TPSA) is 38.5 Å². The molecule has 1 unspecified atom stereocenters. The maximum atomic E-state index is 6.15. The van der Waals surface area contributed by atoms with Gasteiger partial charge in [-0.1, -0.05) is 19.1 Å². The Morgan fingerprint density at radius 1 is 1.50 bits per heavy atom. The van der Waals surface area contributed by atoms with Gasteiger partial charge in [0.25, 0.3) is 0 Å². The van der Waals surface area contributed by atoms with Gasteiger partial charge in [-0.25, -0.2) is 0 Å². The van der Waals surface area contributed by atoms with Crippen molar-refractivity contribution in [2.45, 2.75) is 26.3 Å². The quantitative estimate of drug-likeness (QED) is 0.776. The number of para-hydroxylation sites is 1. The third-order valence-electron chi connectivity index (χ3n) is 3.31. The van der Waals surface area contributed by atoms with Crippen LogP contribution in [0.25, 0.3) is 0 Å². The van der Waals surface area contributed by atoms with Crippen LogP contribution in [0, 0.1) is 6.92 Å². The maximum Gasteiger partial charge on any atom is 0.0670 e. The van der Waals surface area contributed by atoms with Crippen molar-refractivity contribution in [1.82, 2.24) is 0 Å². The molecule has 0 amide bonds. The smallest absolute Gasteiger partial charge is 0.0670 e. The minimum absolute atomic E-state index is 0.456. The van der Waals surface area contributed by atoms with Gasteiger partial charge < -0.3 is 15.4 Å². The summed E-state index contributed by atoms with van der Waals surface area (Å²) < 4.78 is 5.51. The first-order valence-corrected chi connectivity index (χ1v) is 5.93. The molecule has 1 aliphatic rings. The van der Waals surface area contributed by atoms with Gasteiger partial charge in [0.05, 0.1) is 30.6 Å². The Hall–Kier alpha value is -1.22. The average molecular weight is 220 g/mol. The fourth-order valence-corrected chi connectivity index (χ4v) is 2.23. The standard InChI is InChI=1S/C13H20N2O/c1-3-11-9-16-8-7-15(11)12-6-4-5-10(2)13(12)14/h4-6,11H,3,7-9,14H2,1-2H3. The summed E-state index contributed by atoms with van der Waals surface area (Å²) in [4.78, 5) is 2.38. The fraction of sp³-hybridized carbons (Fsp3) is 0.538. The number of nitrogens with two attached hydrogens (primary N) is 1. The van der Waals surface area contributed by atoms with Crippen LogP contribution in [0.4, 0.5) is 11.4 Å². The van der Waals surface area contributed by atoms with Crippen LogP contribution in [-0.4, -0.2) is 25.8 Å². The molecule has 1 saturated heterocycles. The summed E-state index contributed by atoms with van der Waals surface area (Å²) in [5.41, 5.74) is 9.37. The van der Waals surface area contributed by atoms with Gasteiger partial charge in [0.2, 0.25) is 0 Å². The van der Waals surface area contributed by atoms with E-state index in [-0.39, 0.29) is 0 Å². The number of morpholine rings is 1. The lowest BCUT2D eigenvalue weighted by atomic mass is 10.1. The van der Waals surface area contributed by atoms with Gasteiger partial charge in [-0.15, -0.1) is 0 Å². The second-order valence-electron chi connectivity index (χ2n) is 4.34. The lowest BCUT2D eigenvalue weighted by Gasteiger charge is -2.37. The van der Waals surface area contributed by atoms with E-state index in [1.54, 1.807) is 0 Å². The van der Waals surface area contributed by atoms with Crippen molar-refractivity contribution in [3.63, 3.8) is 0 Å². The van der Waals surface area contributed by atoms with Gasteiger partial charge in [0, 0.05) is 6.54 Å². The molecule has 0 radical (unpaired) electrons. The minimum Gasteiger partial charge on any atom is -0.397 e. The number of ether oxygens (including phenoxy) is 1. The molecule has 2 N–H and O–H groups in total. The summed E-state index contributed by atoms with van der Waals surface area (Å²) in [5, 5.41) is 0. The van der Waals surface area contributed by atoms with Crippen LogP contribution in [0.2, 0.25) is 0 Å². The lowest BCUT2D eigenvalue weighted by molar-refractivity contribution is 0.0930. The Kier molecular flexibility index (Phi) is 3.34. The highest BCUT2D eigenvalue weighted by molar-refractivity contribution is 5.71. The van der Waals surface area contributed by atoms with Crippen molar-refractivity contribution in [2.24, 2.45) is 0 Å². The molecule has 0 bridgehead atoms. The predicted molar refractivity (Wildman–Crippen MR) is 67.8 cm³/mol. The van der Waals surface area contributed by atoms with Crippen molar-refractivity contribution < 1.29 is 4.74 Å².